The fraction of sp³-hybridized carbons (Fsp3) is 0.613. The third-order valence-electron chi connectivity index (χ3n) is 8.79. The second-order valence-corrected chi connectivity index (χ2v) is 12.2. The van der Waals surface area contributed by atoms with Crippen LogP contribution >= 0.6 is 11.6 Å². The lowest BCUT2D eigenvalue weighted by Gasteiger charge is -2.33. The molecule has 0 N–H and O–H groups in total. The first-order chi connectivity index (χ1) is 16.6. The molecule has 0 saturated carbocycles. The van der Waals surface area contributed by atoms with Crippen LogP contribution in [0.2, 0.25) is 5.02 Å². The molecule has 1 aliphatic carbocycles. The molecule has 4 heteroatoms. The maximum Gasteiger partial charge on any atom is 0.494 e. The second kappa shape index (κ2) is 10.6. The van der Waals surface area contributed by atoms with Gasteiger partial charge in [-0.05, 0) is 80.4 Å². The van der Waals surface area contributed by atoms with E-state index in [4.69, 9.17) is 20.9 Å². The fourth-order valence-corrected chi connectivity index (χ4v) is 6.15. The summed E-state index contributed by atoms with van der Waals surface area (Å²) >= 11 is 6.62. The van der Waals surface area contributed by atoms with Gasteiger partial charge in [-0.2, -0.15) is 0 Å². The molecule has 1 saturated heterocycles. The highest BCUT2D eigenvalue weighted by Gasteiger charge is 2.52. The van der Waals surface area contributed by atoms with E-state index < -0.39 is 0 Å². The third-order valence-corrected chi connectivity index (χ3v) is 9.02. The Labute approximate surface area is 219 Å². The Morgan fingerprint density at radius 1 is 0.686 bits per heavy atom. The lowest BCUT2D eigenvalue weighted by atomic mass is 9.68. The average Bonchev–Trinajstić information content (AvgIpc) is 3.20. The van der Waals surface area contributed by atoms with Crippen LogP contribution in [0, 0.1) is 0 Å². The van der Waals surface area contributed by atoms with Crippen LogP contribution in [0.1, 0.15) is 117 Å². The number of rotatable bonds is 11. The Hall–Kier alpha value is -1.29. The highest BCUT2D eigenvalue weighted by atomic mass is 35.5. The normalized spacial score (nSPS) is 19.1. The summed E-state index contributed by atoms with van der Waals surface area (Å²) < 4.78 is 12.9. The summed E-state index contributed by atoms with van der Waals surface area (Å²) in [4.78, 5) is 0. The van der Waals surface area contributed by atoms with Gasteiger partial charge in [-0.15, -0.1) is 0 Å². The molecule has 2 aromatic rings. The van der Waals surface area contributed by atoms with E-state index in [1.807, 2.05) is 0 Å². The molecule has 0 amide bonds. The lowest BCUT2D eigenvalue weighted by molar-refractivity contribution is 0.00578. The number of halogens is 1. The van der Waals surface area contributed by atoms with Crippen LogP contribution in [0.15, 0.2) is 36.4 Å². The van der Waals surface area contributed by atoms with E-state index in [0.717, 1.165) is 10.5 Å². The summed E-state index contributed by atoms with van der Waals surface area (Å²) in [7, 11) is -0.338. The van der Waals surface area contributed by atoms with Crippen molar-refractivity contribution in [2.45, 2.75) is 122 Å². The van der Waals surface area contributed by atoms with Gasteiger partial charge in [-0.3, -0.25) is 0 Å². The molecule has 190 valence electrons. The molecule has 2 aliphatic rings. The average molecular weight is 495 g/mol. The van der Waals surface area contributed by atoms with Crippen LogP contribution in [0.25, 0.3) is 11.1 Å². The van der Waals surface area contributed by atoms with Crippen molar-refractivity contribution in [3.63, 3.8) is 0 Å². The lowest BCUT2D eigenvalue weighted by Crippen LogP contribution is -2.41. The fourth-order valence-electron chi connectivity index (χ4n) is 5.98. The Balaban J connectivity index is 1.77. The molecule has 0 spiro atoms. The van der Waals surface area contributed by atoms with E-state index in [9.17, 15) is 0 Å². The van der Waals surface area contributed by atoms with Gasteiger partial charge in [0.2, 0.25) is 0 Å². The minimum Gasteiger partial charge on any atom is -0.399 e. The molecule has 1 aliphatic heterocycles. The molecule has 1 heterocycles. The van der Waals surface area contributed by atoms with E-state index in [0.29, 0.717) is 0 Å². The maximum atomic E-state index is 6.62. The van der Waals surface area contributed by atoms with Gasteiger partial charge in [0.1, 0.15) is 0 Å². The van der Waals surface area contributed by atoms with E-state index in [2.05, 4.69) is 77.9 Å². The standard InChI is InChI=1S/C31H44BClO2/c1-7-9-11-13-19-31(20-14-12-10-8-2)27-21-23(32-34-29(3,4)30(5,6)35-32)15-17-25(27)26-18-16-24(33)22-28(26)31/h15-18,21-22H,7-14,19-20H2,1-6H3. The van der Waals surface area contributed by atoms with Gasteiger partial charge in [-0.25, -0.2) is 0 Å². The zero-order chi connectivity index (χ0) is 25.3. The van der Waals surface area contributed by atoms with Crippen molar-refractivity contribution in [1.82, 2.24) is 0 Å². The molecule has 1 fully saturated rings. The molecule has 0 aromatic heterocycles. The first kappa shape index (κ1) is 26.8. The molecule has 2 aromatic carbocycles. The molecule has 0 atom stereocenters. The van der Waals surface area contributed by atoms with Crippen LogP contribution in [-0.4, -0.2) is 18.3 Å². The molecule has 0 bridgehead atoms. The minimum atomic E-state index is -0.343. The van der Waals surface area contributed by atoms with E-state index in [-0.39, 0.29) is 23.7 Å². The molecule has 4 rings (SSSR count). The smallest absolute Gasteiger partial charge is 0.399 e. The van der Waals surface area contributed by atoms with Gasteiger partial charge < -0.3 is 9.31 Å². The largest absolute Gasteiger partial charge is 0.494 e. The topological polar surface area (TPSA) is 18.5 Å². The summed E-state index contributed by atoms with van der Waals surface area (Å²) in [6, 6.07) is 13.5. The monoisotopic (exact) mass is 494 g/mol. The van der Waals surface area contributed by atoms with E-state index >= 15 is 0 Å². The van der Waals surface area contributed by atoms with Crippen LogP contribution in [0.5, 0.6) is 0 Å². The molecule has 0 unspecified atom stereocenters. The number of fused-ring (bicyclic) bond motifs is 3. The van der Waals surface area contributed by atoms with E-state index in [1.54, 1.807) is 0 Å². The van der Waals surface area contributed by atoms with Crippen molar-refractivity contribution >= 4 is 24.2 Å². The zero-order valence-electron chi connectivity index (χ0n) is 22.8. The van der Waals surface area contributed by atoms with Crippen LogP contribution < -0.4 is 5.46 Å². The SMILES string of the molecule is CCCCCCC1(CCCCCC)c2cc(Cl)ccc2-c2ccc(B3OC(C)(C)C(C)(C)O3)cc21. The Bertz CT molecular complexity index is 1000. The van der Waals surface area contributed by atoms with Gasteiger partial charge in [0.15, 0.2) is 0 Å². The number of hydrogen-bond donors (Lipinski definition) is 0. The molecule has 0 radical (unpaired) electrons. The summed E-state index contributed by atoms with van der Waals surface area (Å²) in [5.41, 5.74) is 6.06. The maximum absolute atomic E-state index is 6.62. The first-order valence-electron chi connectivity index (χ1n) is 14.0. The first-order valence-corrected chi connectivity index (χ1v) is 14.3. The summed E-state index contributed by atoms with van der Waals surface area (Å²) in [5, 5.41) is 0.842. The minimum absolute atomic E-state index is 0.0106. The highest BCUT2D eigenvalue weighted by Crippen LogP contribution is 2.54. The molecule has 35 heavy (non-hydrogen) atoms. The van der Waals surface area contributed by atoms with Gasteiger partial charge in [0, 0.05) is 10.4 Å². The third kappa shape index (κ3) is 5.11. The van der Waals surface area contributed by atoms with Crippen molar-refractivity contribution in [3.8, 4) is 11.1 Å². The van der Waals surface area contributed by atoms with Gasteiger partial charge in [-0.1, -0.05) is 101 Å². The van der Waals surface area contributed by atoms with Crippen molar-refractivity contribution in [2.75, 3.05) is 0 Å². The molecule has 2 nitrogen and oxygen atoms in total. The number of hydrogen-bond acceptors (Lipinski definition) is 2. The molecular formula is C31H44BClO2. The predicted octanol–water partition coefficient (Wildman–Crippen LogP) is 8.85. The number of benzene rings is 2. The summed E-state index contributed by atoms with van der Waals surface area (Å²) in [6.45, 7) is 13.1. The van der Waals surface area contributed by atoms with Crippen molar-refractivity contribution in [2.24, 2.45) is 0 Å². The van der Waals surface area contributed by atoms with Crippen LogP contribution in [0.4, 0.5) is 0 Å². The van der Waals surface area contributed by atoms with Crippen molar-refractivity contribution < 1.29 is 9.31 Å². The van der Waals surface area contributed by atoms with Crippen molar-refractivity contribution in [1.29, 1.82) is 0 Å². The Morgan fingerprint density at radius 2 is 1.20 bits per heavy atom. The Morgan fingerprint density at radius 3 is 1.74 bits per heavy atom. The van der Waals surface area contributed by atoms with Gasteiger partial charge in [0.25, 0.3) is 0 Å². The van der Waals surface area contributed by atoms with Gasteiger partial charge in [0.05, 0.1) is 11.2 Å². The summed E-state index contributed by atoms with van der Waals surface area (Å²) in [5.74, 6) is 0. The van der Waals surface area contributed by atoms with Crippen LogP contribution in [-0.2, 0) is 14.7 Å². The zero-order valence-corrected chi connectivity index (χ0v) is 23.6. The highest BCUT2D eigenvalue weighted by molar-refractivity contribution is 6.62. The number of unbranched alkanes of at least 4 members (excludes halogenated alkanes) is 6. The summed E-state index contributed by atoms with van der Waals surface area (Å²) in [6.07, 6.45) is 12.5. The van der Waals surface area contributed by atoms with Gasteiger partial charge >= 0.3 is 7.12 Å². The van der Waals surface area contributed by atoms with E-state index in [1.165, 1.54) is 86.5 Å². The predicted molar refractivity (Wildman–Crippen MR) is 151 cm³/mol. The second-order valence-electron chi connectivity index (χ2n) is 11.8. The Kier molecular flexibility index (Phi) is 8.11. The van der Waals surface area contributed by atoms with Crippen molar-refractivity contribution in [3.05, 3.63) is 52.5 Å². The van der Waals surface area contributed by atoms with Crippen LogP contribution in [0.3, 0.4) is 0 Å². The molecular weight excluding hydrogens is 451 g/mol. The quantitative estimate of drug-likeness (QED) is 0.229.